The summed E-state index contributed by atoms with van der Waals surface area (Å²) in [5.41, 5.74) is 4.14. The number of anilines is 1. The molecule has 5 rings (SSSR count). The number of carbonyl (C=O) groups is 2. The van der Waals surface area contributed by atoms with E-state index in [0.29, 0.717) is 5.70 Å². The van der Waals surface area contributed by atoms with Crippen molar-refractivity contribution >= 4 is 34.4 Å². The second-order valence-corrected chi connectivity index (χ2v) is 7.74. The van der Waals surface area contributed by atoms with E-state index in [9.17, 15) is 9.59 Å². The van der Waals surface area contributed by atoms with Crippen molar-refractivity contribution in [3.63, 3.8) is 0 Å². The molecule has 0 spiro atoms. The molecule has 1 amide bonds. The summed E-state index contributed by atoms with van der Waals surface area (Å²) in [6, 6.07) is 15.5. The Morgan fingerprint density at radius 2 is 1.76 bits per heavy atom. The van der Waals surface area contributed by atoms with Crippen molar-refractivity contribution in [2.45, 2.75) is 25.2 Å². The highest BCUT2D eigenvalue weighted by Crippen LogP contribution is 2.36. The maximum Gasteiger partial charge on any atom is 0.239 e. The number of amides is 1. The molecular formula is C24H23N3O2. The summed E-state index contributed by atoms with van der Waals surface area (Å²) < 4.78 is 0. The molecular weight excluding hydrogens is 362 g/mol. The number of aromatic amines is 1. The number of piperidine rings is 1. The number of rotatable bonds is 4. The molecule has 1 aromatic heterocycles. The van der Waals surface area contributed by atoms with Crippen molar-refractivity contribution in [3.05, 3.63) is 71.6 Å². The zero-order valence-corrected chi connectivity index (χ0v) is 16.2. The highest BCUT2D eigenvalue weighted by atomic mass is 16.2. The van der Waals surface area contributed by atoms with Crippen LogP contribution in [0.4, 0.5) is 5.69 Å². The first-order chi connectivity index (χ1) is 14.2. The number of Topliss-reactive ketones (excluding diaryl/α,β-unsaturated/α-hetero) is 1. The van der Waals surface area contributed by atoms with Gasteiger partial charge in [0.15, 0.2) is 5.78 Å². The molecule has 3 heterocycles. The molecule has 2 aliphatic rings. The van der Waals surface area contributed by atoms with Crippen molar-refractivity contribution in [3.8, 4) is 0 Å². The normalized spacial score (nSPS) is 19.3. The Hall–Kier alpha value is -3.34. The van der Waals surface area contributed by atoms with E-state index in [4.69, 9.17) is 0 Å². The van der Waals surface area contributed by atoms with E-state index >= 15 is 0 Å². The Morgan fingerprint density at radius 3 is 2.62 bits per heavy atom. The van der Waals surface area contributed by atoms with Gasteiger partial charge in [0.1, 0.15) is 5.92 Å². The van der Waals surface area contributed by atoms with Crippen LogP contribution in [0.15, 0.2) is 60.4 Å². The summed E-state index contributed by atoms with van der Waals surface area (Å²) in [4.78, 5) is 31.8. The topological polar surface area (TPSA) is 65.2 Å². The number of fused-ring (bicyclic) bond motifs is 2. The standard InChI is InChI=1S/C24H23N3O2/c28-23(22-18-9-3-5-11-20(18)26-24(22)29)21(27-12-6-1-7-13-27)14-16-15-25-19-10-4-2-8-17(16)19/h2-5,8-11,14-15,22,25H,1,6-7,12-13H2,(H,26,29). The van der Waals surface area contributed by atoms with Gasteiger partial charge < -0.3 is 15.2 Å². The van der Waals surface area contributed by atoms with Crippen LogP contribution in [0.2, 0.25) is 0 Å². The fraction of sp³-hybridized carbons (Fsp3) is 0.250. The number of benzene rings is 2. The Kier molecular flexibility index (Phi) is 4.43. The number of nitrogens with one attached hydrogen (secondary N) is 2. The van der Waals surface area contributed by atoms with Crippen LogP contribution in [0.3, 0.4) is 0 Å². The third kappa shape index (κ3) is 3.12. The zero-order valence-electron chi connectivity index (χ0n) is 16.2. The molecule has 0 radical (unpaired) electrons. The Labute approximate surface area is 169 Å². The van der Waals surface area contributed by atoms with Crippen LogP contribution < -0.4 is 5.32 Å². The highest BCUT2D eigenvalue weighted by Gasteiger charge is 2.39. The lowest BCUT2D eigenvalue weighted by molar-refractivity contribution is -0.125. The molecule has 2 aromatic carbocycles. The van der Waals surface area contributed by atoms with Crippen LogP contribution in [0.1, 0.15) is 36.3 Å². The van der Waals surface area contributed by atoms with Crippen LogP contribution in [0, 0.1) is 0 Å². The van der Waals surface area contributed by atoms with Crippen LogP contribution in [-0.2, 0) is 9.59 Å². The maximum atomic E-state index is 13.7. The first-order valence-corrected chi connectivity index (χ1v) is 10.2. The van der Waals surface area contributed by atoms with Crippen molar-refractivity contribution < 1.29 is 9.59 Å². The van der Waals surface area contributed by atoms with Gasteiger partial charge in [0.2, 0.25) is 5.91 Å². The minimum atomic E-state index is -0.787. The third-order valence-corrected chi connectivity index (χ3v) is 5.92. The number of aromatic nitrogens is 1. The van der Waals surface area contributed by atoms with Crippen molar-refractivity contribution in [1.82, 2.24) is 9.88 Å². The van der Waals surface area contributed by atoms with E-state index in [1.165, 1.54) is 6.42 Å². The van der Waals surface area contributed by atoms with Gasteiger partial charge in [-0.05, 0) is 43.0 Å². The molecule has 1 fully saturated rings. The Bertz CT molecular complexity index is 1120. The fourth-order valence-electron chi connectivity index (χ4n) is 4.43. The van der Waals surface area contributed by atoms with Crippen LogP contribution in [0.25, 0.3) is 17.0 Å². The van der Waals surface area contributed by atoms with Crippen LogP contribution >= 0.6 is 0 Å². The number of para-hydroxylation sites is 2. The highest BCUT2D eigenvalue weighted by molar-refractivity contribution is 6.22. The molecule has 0 bridgehead atoms. The van der Waals surface area contributed by atoms with Gasteiger partial charge in [-0.2, -0.15) is 0 Å². The smallest absolute Gasteiger partial charge is 0.239 e. The van der Waals surface area contributed by atoms with Gasteiger partial charge >= 0.3 is 0 Å². The molecule has 0 aliphatic carbocycles. The number of ketones is 1. The minimum Gasteiger partial charge on any atom is -0.369 e. The summed E-state index contributed by atoms with van der Waals surface area (Å²) in [6.07, 6.45) is 7.20. The monoisotopic (exact) mass is 385 g/mol. The number of hydrogen-bond donors (Lipinski definition) is 2. The molecule has 2 aliphatic heterocycles. The minimum absolute atomic E-state index is 0.125. The number of nitrogens with zero attached hydrogens (tertiary/aromatic N) is 1. The van der Waals surface area contributed by atoms with Gasteiger partial charge in [-0.25, -0.2) is 0 Å². The van der Waals surface area contributed by atoms with Gasteiger partial charge in [0.05, 0.1) is 5.70 Å². The molecule has 1 saturated heterocycles. The molecule has 146 valence electrons. The molecule has 2 N–H and O–H groups in total. The first-order valence-electron chi connectivity index (χ1n) is 10.2. The molecule has 5 heteroatoms. The lowest BCUT2D eigenvalue weighted by atomic mass is 9.92. The number of likely N-dealkylation sites (tertiary alicyclic amines) is 1. The molecule has 5 nitrogen and oxygen atoms in total. The third-order valence-electron chi connectivity index (χ3n) is 5.92. The van der Waals surface area contributed by atoms with Crippen molar-refractivity contribution in [1.29, 1.82) is 0 Å². The van der Waals surface area contributed by atoms with E-state index in [0.717, 1.165) is 53.6 Å². The molecule has 1 unspecified atom stereocenters. The van der Waals surface area contributed by atoms with Crippen molar-refractivity contribution in [2.24, 2.45) is 0 Å². The lowest BCUT2D eigenvalue weighted by Crippen LogP contribution is -2.35. The summed E-state index contributed by atoms with van der Waals surface area (Å²) in [6.45, 7) is 1.69. The lowest BCUT2D eigenvalue weighted by Gasteiger charge is -2.31. The predicted molar refractivity (Wildman–Crippen MR) is 115 cm³/mol. The van der Waals surface area contributed by atoms with Gasteiger partial charge in [0.25, 0.3) is 0 Å². The number of hydrogen-bond acceptors (Lipinski definition) is 3. The summed E-state index contributed by atoms with van der Waals surface area (Å²) in [5, 5.41) is 3.94. The zero-order chi connectivity index (χ0) is 19.8. The second-order valence-electron chi connectivity index (χ2n) is 7.74. The number of allylic oxidation sites excluding steroid dienone is 1. The maximum absolute atomic E-state index is 13.7. The SMILES string of the molecule is O=C1Nc2ccccc2C1C(=O)C(=Cc1c[nH]c2ccccc12)N1CCCCC1. The average molecular weight is 385 g/mol. The Balaban J connectivity index is 1.59. The predicted octanol–water partition coefficient (Wildman–Crippen LogP) is 4.30. The largest absolute Gasteiger partial charge is 0.369 e. The summed E-state index contributed by atoms with van der Waals surface area (Å²) >= 11 is 0. The fourth-order valence-corrected chi connectivity index (χ4v) is 4.43. The van der Waals surface area contributed by atoms with Crippen LogP contribution in [-0.4, -0.2) is 34.7 Å². The number of carbonyl (C=O) groups excluding carboxylic acids is 2. The Morgan fingerprint density at radius 1 is 1.00 bits per heavy atom. The van der Waals surface area contributed by atoms with Crippen LogP contribution in [0.5, 0.6) is 0 Å². The van der Waals surface area contributed by atoms with Gasteiger partial charge in [-0.15, -0.1) is 0 Å². The van der Waals surface area contributed by atoms with E-state index in [1.54, 1.807) is 0 Å². The first kappa shape index (κ1) is 17.7. The molecule has 3 aromatic rings. The molecule has 29 heavy (non-hydrogen) atoms. The summed E-state index contributed by atoms with van der Waals surface area (Å²) in [5.74, 6) is -1.15. The molecule has 1 atom stereocenters. The van der Waals surface area contributed by atoms with E-state index in [2.05, 4.69) is 15.2 Å². The van der Waals surface area contributed by atoms with Gasteiger partial charge in [-0.3, -0.25) is 9.59 Å². The average Bonchev–Trinajstić information content (AvgIpc) is 3.32. The summed E-state index contributed by atoms with van der Waals surface area (Å²) in [7, 11) is 0. The second kappa shape index (κ2) is 7.24. The van der Waals surface area contributed by atoms with E-state index in [1.807, 2.05) is 60.8 Å². The van der Waals surface area contributed by atoms with Crippen molar-refractivity contribution in [2.75, 3.05) is 18.4 Å². The van der Waals surface area contributed by atoms with Gasteiger partial charge in [-0.1, -0.05) is 36.4 Å². The van der Waals surface area contributed by atoms with E-state index in [-0.39, 0.29) is 11.7 Å². The quantitative estimate of drug-likeness (QED) is 0.520. The van der Waals surface area contributed by atoms with Gasteiger partial charge in [0, 0.05) is 41.4 Å². The van der Waals surface area contributed by atoms with E-state index < -0.39 is 5.92 Å². The number of H-pyrrole nitrogens is 1. The molecule has 0 saturated carbocycles.